The highest BCUT2D eigenvalue weighted by Gasteiger charge is 2.14. The Bertz CT molecular complexity index is 730. The molecule has 1 amide bonds. The van der Waals surface area contributed by atoms with Gasteiger partial charge in [0.2, 0.25) is 0 Å². The molecule has 0 saturated carbocycles. The van der Waals surface area contributed by atoms with E-state index in [0.717, 1.165) is 12.8 Å². The number of aryl methyl sites for hydroxylation is 3. The molecule has 0 spiro atoms. The molecule has 26 heavy (non-hydrogen) atoms. The first-order chi connectivity index (χ1) is 12.2. The summed E-state index contributed by atoms with van der Waals surface area (Å²) >= 11 is 1.79. The second kappa shape index (κ2) is 9.13. The first kappa shape index (κ1) is 20.4. The second-order valence-electron chi connectivity index (χ2n) is 7.65. The first-order valence-electron chi connectivity index (χ1n) is 9.02. The quantitative estimate of drug-likeness (QED) is 0.641. The molecule has 140 valence electrons. The number of hydrogen-bond donors (Lipinski definition) is 1. The third-order valence-corrected chi connectivity index (χ3v) is 4.79. The maximum Gasteiger partial charge on any atom is 0.407 e. The zero-order valence-electron chi connectivity index (χ0n) is 16.4. The molecule has 0 atom stereocenters. The van der Waals surface area contributed by atoms with Crippen LogP contribution in [0.1, 0.15) is 43.9 Å². The Morgan fingerprint density at radius 1 is 1.08 bits per heavy atom. The molecule has 0 unspecified atom stereocenters. The summed E-state index contributed by atoms with van der Waals surface area (Å²) in [6.45, 7) is 10.5. The second-order valence-corrected chi connectivity index (χ2v) is 8.76. The highest BCUT2D eigenvalue weighted by Crippen LogP contribution is 2.32. The molecule has 4 heteroatoms. The van der Waals surface area contributed by atoms with E-state index in [4.69, 9.17) is 4.74 Å². The van der Waals surface area contributed by atoms with E-state index in [2.05, 4.69) is 61.6 Å². The van der Waals surface area contributed by atoms with E-state index in [1.54, 1.807) is 11.8 Å². The van der Waals surface area contributed by atoms with E-state index in [9.17, 15) is 4.79 Å². The summed E-state index contributed by atoms with van der Waals surface area (Å²) in [5.74, 6) is 0. The topological polar surface area (TPSA) is 38.3 Å². The number of carbonyl (C=O) groups is 1. The summed E-state index contributed by atoms with van der Waals surface area (Å²) in [6, 6.07) is 15.1. The third kappa shape index (κ3) is 7.12. The van der Waals surface area contributed by atoms with E-state index in [1.165, 1.54) is 26.5 Å². The molecule has 0 bridgehead atoms. The summed E-state index contributed by atoms with van der Waals surface area (Å²) in [5, 5.41) is 2.81. The first-order valence-corrected chi connectivity index (χ1v) is 9.83. The van der Waals surface area contributed by atoms with E-state index < -0.39 is 0 Å². The monoisotopic (exact) mass is 371 g/mol. The maximum absolute atomic E-state index is 11.7. The Hall–Kier alpha value is -1.94. The fraction of sp³-hybridized carbons (Fsp3) is 0.409. The van der Waals surface area contributed by atoms with E-state index >= 15 is 0 Å². The lowest BCUT2D eigenvalue weighted by Crippen LogP contribution is -2.41. The largest absolute Gasteiger partial charge is 0.450 e. The Kier molecular flexibility index (Phi) is 7.15. The molecular formula is C22H29NO2S. The number of rotatable bonds is 6. The van der Waals surface area contributed by atoms with Crippen molar-refractivity contribution in [3.05, 3.63) is 59.2 Å². The van der Waals surface area contributed by atoms with Crippen LogP contribution in [0.4, 0.5) is 4.79 Å². The molecule has 3 nitrogen and oxygen atoms in total. The van der Waals surface area contributed by atoms with Crippen molar-refractivity contribution in [2.24, 2.45) is 0 Å². The van der Waals surface area contributed by atoms with Crippen molar-refractivity contribution >= 4 is 17.9 Å². The average Bonchev–Trinajstić information content (AvgIpc) is 2.50. The fourth-order valence-electron chi connectivity index (χ4n) is 2.70. The van der Waals surface area contributed by atoms with Gasteiger partial charge in [-0.1, -0.05) is 36.0 Å². The zero-order valence-corrected chi connectivity index (χ0v) is 17.2. The number of benzene rings is 2. The predicted octanol–water partition coefficient (Wildman–Crippen LogP) is 5.91. The average molecular weight is 372 g/mol. The van der Waals surface area contributed by atoms with Gasteiger partial charge in [-0.25, -0.2) is 4.79 Å². The summed E-state index contributed by atoms with van der Waals surface area (Å²) in [7, 11) is 0. The summed E-state index contributed by atoms with van der Waals surface area (Å²) in [6.07, 6.45) is 1.34. The highest BCUT2D eigenvalue weighted by atomic mass is 32.2. The lowest BCUT2D eigenvalue weighted by Gasteiger charge is -2.20. The molecule has 0 aromatic heterocycles. The van der Waals surface area contributed by atoms with Gasteiger partial charge in [0, 0.05) is 15.3 Å². The smallest absolute Gasteiger partial charge is 0.407 e. The van der Waals surface area contributed by atoms with Crippen molar-refractivity contribution in [2.45, 2.75) is 62.8 Å². The summed E-state index contributed by atoms with van der Waals surface area (Å²) < 4.78 is 5.27. The number of carbonyl (C=O) groups excluding carboxylic acids is 1. The van der Waals surface area contributed by atoms with Gasteiger partial charge in [0.05, 0.1) is 6.61 Å². The van der Waals surface area contributed by atoms with Gasteiger partial charge in [-0.05, 0) is 82.3 Å². The van der Waals surface area contributed by atoms with Gasteiger partial charge < -0.3 is 10.1 Å². The van der Waals surface area contributed by atoms with Crippen molar-refractivity contribution in [1.82, 2.24) is 5.32 Å². The zero-order chi connectivity index (χ0) is 19.2. The number of amides is 1. The van der Waals surface area contributed by atoms with Crippen LogP contribution in [0, 0.1) is 13.8 Å². The molecule has 0 saturated heterocycles. The lowest BCUT2D eigenvalue weighted by molar-refractivity contribution is 0.136. The Labute approximate surface area is 161 Å². The van der Waals surface area contributed by atoms with Crippen LogP contribution in [-0.4, -0.2) is 18.2 Å². The number of nitrogens with one attached hydrogen (secondary N) is 1. The van der Waals surface area contributed by atoms with Crippen molar-refractivity contribution in [2.75, 3.05) is 6.61 Å². The molecule has 2 rings (SSSR count). The molecule has 0 heterocycles. The van der Waals surface area contributed by atoms with Crippen molar-refractivity contribution in [3.63, 3.8) is 0 Å². The van der Waals surface area contributed by atoms with Crippen molar-refractivity contribution < 1.29 is 9.53 Å². The summed E-state index contributed by atoms with van der Waals surface area (Å²) in [5.41, 5.74) is 3.58. The van der Waals surface area contributed by atoms with E-state index in [1.807, 2.05) is 20.8 Å². The fourth-order valence-corrected chi connectivity index (χ4v) is 3.89. The molecule has 0 radical (unpaired) electrons. The van der Waals surface area contributed by atoms with Gasteiger partial charge in [-0.3, -0.25) is 0 Å². The van der Waals surface area contributed by atoms with Crippen LogP contribution >= 0.6 is 11.8 Å². The highest BCUT2D eigenvalue weighted by molar-refractivity contribution is 7.99. The molecule has 0 fully saturated rings. The molecule has 0 aliphatic heterocycles. The van der Waals surface area contributed by atoms with Crippen LogP contribution in [0.5, 0.6) is 0 Å². The normalized spacial score (nSPS) is 11.3. The van der Waals surface area contributed by atoms with Gasteiger partial charge in [-0.15, -0.1) is 0 Å². The maximum atomic E-state index is 11.7. The van der Waals surface area contributed by atoms with Crippen LogP contribution < -0.4 is 5.32 Å². The van der Waals surface area contributed by atoms with E-state index in [0.29, 0.717) is 6.61 Å². The Balaban J connectivity index is 1.91. The van der Waals surface area contributed by atoms with Gasteiger partial charge in [0.15, 0.2) is 0 Å². The minimum atomic E-state index is -0.351. The SMILES string of the molecule is Cc1cc(C)cc(Sc2ccccc2CCCOC(=O)NC(C)(C)C)c1. The number of hydrogen-bond acceptors (Lipinski definition) is 3. The number of alkyl carbamates (subject to hydrolysis) is 1. The van der Waals surface area contributed by atoms with Gasteiger partial charge in [-0.2, -0.15) is 0 Å². The van der Waals surface area contributed by atoms with E-state index in [-0.39, 0.29) is 11.6 Å². The van der Waals surface area contributed by atoms with Gasteiger partial charge in [0.1, 0.15) is 0 Å². The van der Waals surface area contributed by atoms with Crippen LogP contribution in [0.25, 0.3) is 0 Å². The molecular weight excluding hydrogens is 342 g/mol. The molecule has 0 aliphatic rings. The van der Waals surface area contributed by atoms with Crippen molar-refractivity contribution in [1.29, 1.82) is 0 Å². The van der Waals surface area contributed by atoms with Gasteiger partial charge in [0.25, 0.3) is 0 Å². The Morgan fingerprint density at radius 3 is 2.38 bits per heavy atom. The molecule has 2 aromatic carbocycles. The van der Waals surface area contributed by atoms with Crippen LogP contribution in [-0.2, 0) is 11.2 Å². The molecule has 1 N–H and O–H groups in total. The van der Waals surface area contributed by atoms with Crippen LogP contribution in [0.2, 0.25) is 0 Å². The van der Waals surface area contributed by atoms with Crippen LogP contribution in [0.15, 0.2) is 52.3 Å². The lowest BCUT2D eigenvalue weighted by atomic mass is 10.1. The third-order valence-electron chi connectivity index (χ3n) is 3.70. The standard InChI is InChI=1S/C22H29NO2S/c1-16-13-17(2)15-19(14-16)26-20-11-7-6-9-18(20)10-8-12-25-21(24)23-22(3,4)5/h6-7,9,11,13-15H,8,10,12H2,1-5H3,(H,23,24). The van der Waals surface area contributed by atoms with Gasteiger partial charge >= 0.3 is 6.09 Å². The van der Waals surface area contributed by atoms with Crippen molar-refractivity contribution in [3.8, 4) is 0 Å². The minimum absolute atomic E-state index is 0.272. The summed E-state index contributed by atoms with van der Waals surface area (Å²) in [4.78, 5) is 14.2. The molecule has 0 aliphatic carbocycles. The Morgan fingerprint density at radius 2 is 1.73 bits per heavy atom. The number of ether oxygens (including phenoxy) is 1. The predicted molar refractivity (Wildman–Crippen MR) is 109 cm³/mol. The minimum Gasteiger partial charge on any atom is -0.450 e. The van der Waals surface area contributed by atoms with Crippen LogP contribution in [0.3, 0.4) is 0 Å². The molecule has 2 aromatic rings.